The molecule has 0 aliphatic rings. The number of nitrogens with zero attached hydrogens (tertiary/aromatic N) is 1. The standard InChI is InChI=1S/C16H14F3NO2/c1-21-15-7-5-12(6-8-15)11-22-20-10-13-3-2-4-14(9-13)16(17,18)19/h2-10H,11H2,1H3. The van der Waals surface area contributed by atoms with Gasteiger partial charge in [-0.25, -0.2) is 0 Å². The lowest BCUT2D eigenvalue weighted by Crippen LogP contribution is -2.05. The Morgan fingerprint density at radius 2 is 1.82 bits per heavy atom. The molecule has 0 fully saturated rings. The summed E-state index contributed by atoms with van der Waals surface area (Å²) in [6.45, 7) is 0.222. The number of methoxy groups -OCH3 is 1. The van der Waals surface area contributed by atoms with Crippen LogP contribution in [-0.4, -0.2) is 13.3 Å². The van der Waals surface area contributed by atoms with Crippen molar-refractivity contribution in [2.75, 3.05) is 7.11 Å². The Morgan fingerprint density at radius 3 is 2.45 bits per heavy atom. The molecule has 0 heterocycles. The van der Waals surface area contributed by atoms with Crippen LogP contribution < -0.4 is 4.74 Å². The minimum atomic E-state index is -4.37. The lowest BCUT2D eigenvalue weighted by atomic mass is 10.1. The van der Waals surface area contributed by atoms with E-state index in [1.54, 1.807) is 19.2 Å². The van der Waals surface area contributed by atoms with Crippen molar-refractivity contribution < 1.29 is 22.7 Å². The summed E-state index contributed by atoms with van der Waals surface area (Å²) in [7, 11) is 1.57. The van der Waals surface area contributed by atoms with Gasteiger partial charge in [-0.1, -0.05) is 29.4 Å². The van der Waals surface area contributed by atoms with Crippen LogP contribution in [0.5, 0.6) is 5.75 Å². The number of ether oxygens (including phenoxy) is 1. The molecule has 0 spiro atoms. The van der Waals surface area contributed by atoms with Crippen LogP contribution in [0.25, 0.3) is 0 Å². The molecule has 0 radical (unpaired) electrons. The number of hydrogen-bond acceptors (Lipinski definition) is 3. The van der Waals surface area contributed by atoms with Gasteiger partial charge in [0.25, 0.3) is 0 Å². The number of oxime groups is 1. The zero-order valence-corrected chi connectivity index (χ0v) is 11.8. The Kier molecular flexibility index (Phi) is 5.04. The zero-order valence-electron chi connectivity index (χ0n) is 11.8. The van der Waals surface area contributed by atoms with Gasteiger partial charge >= 0.3 is 6.18 Å². The van der Waals surface area contributed by atoms with Gasteiger partial charge in [0.05, 0.1) is 18.9 Å². The zero-order chi connectivity index (χ0) is 16.0. The minimum Gasteiger partial charge on any atom is -0.497 e. The summed E-state index contributed by atoms with van der Waals surface area (Å²) in [5, 5.41) is 3.68. The molecule has 0 amide bonds. The van der Waals surface area contributed by atoms with Gasteiger partial charge in [-0.2, -0.15) is 13.2 Å². The van der Waals surface area contributed by atoms with Gasteiger partial charge in [0.1, 0.15) is 12.4 Å². The monoisotopic (exact) mass is 309 g/mol. The minimum absolute atomic E-state index is 0.222. The Balaban J connectivity index is 1.92. The Bertz CT molecular complexity index is 637. The summed E-state index contributed by atoms with van der Waals surface area (Å²) >= 11 is 0. The summed E-state index contributed by atoms with van der Waals surface area (Å²) < 4.78 is 42.7. The van der Waals surface area contributed by atoms with Gasteiger partial charge in [0.2, 0.25) is 0 Å². The van der Waals surface area contributed by atoms with E-state index in [0.717, 1.165) is 23.4 Å². The number of alkyl halides is 3. The average Bonchev–Trinajstić information content (AvgIpc) is 2.52. The molecular weight excluding hydrogens is 295 g/mol. The fraction of sp³-hybridized carbons (Fsp3) is 0.188. The highest BCUT2D eigenvalue weighted by molar-refractivity contribution is 5.79. The first-order valence-corrected chi connectivity index (χ1v) is 6.44. The second-order valence-electron chi connectivity index (χ2n) is 4.48. The van der Waals surface area contributed by atoms with E-state index in [-0.39, 0.29) is 6.61 Å². The van der Waals surface area contributed by atoms with Crippen LogP contribution in [0.15, 0.2) is 53.7 Å². The second kappa shape index (κ2) is 6.98. The van der Waals surface area contributed by atoms with Gasteiger partial charge in [0.15, 0.2) is 0 Å². The van der Waals surface area contributed by atoms with Crippen molar-refractivity contribution >= 4 is 6.21 Å². The number of halogens is 3. The second-order valence-corrected chi connectivity index (χ2v) is 4.48. The molecule has 2 rings (SSSR count). The average molecular weight is 309 g/mol. The predicted octanol–water partition coefficient (Wildman–Crippen LogP) is 4.26. The fourth-order valence-electron chi connectivity index (χ4n) is 1.73. The van der Waals surface area contributed by atoms with Gasteiger partial charge in [-0.05, 0) is 35.4 Å². The van der Waals surface area contributed by atoms with Crippen molar-refractivity contribution in [2.24, 2.45) is 5.16 Å². The van der Waals surface area contributed by atoms with Gasteiger partial charge in [-0.3, -0.25) is 0 Å². The largest absolute Gasteiger partial charge is 0.497 e. The maximum Gasteiger partial charge on any atom is 0.416 e. The third-order valence-corrected chi connectivity index (χ3v) is 2.88. The predicted molar refractivity (Wildman–Crippen MR) is 76.8 cm³/mol. The Labute approximate surface area is 126 Å². The quantitative estimate of drug-likeness (QED) is 0.610. The number of rotatable bonds is 5. The van der Waals surface area contributed by atoms with E-state index in [9.17, 15) is 13.2 Å². The van der Waals surface area contributed by atoms with Crippen molar-refractivity contribution in [3.8, 4) is 5.75 Å². The summed E-state index contributed by atoms with van der Waals surface area (Å²) in [6.07, 6.45) is -3.12. The SMILES string of the molecule is COc1ccc(CON=Cc2cccc(C(F)(F)F)c2)cc1. The first-order valence-electron chi connectivity index (χ1n) is 6.44. The smallest absolute Gasteiger partial charge is 0.416 e. The molecule has 2 aromatic carbocycles. The third kappa shape index (κ3) is 4.51. The molecule has 3 nitrogen and oxygen atoms in total. The number of hydrogen-bond donors (Lipinski definition) is 0. The first-order chi connectivity index (χ1) is 10.5. The highest BCUT2D eigenvalue weighted by Crippen LogP contribution is 2.29. The summed E-state index contributed by atoms with van der Waals surface area (Å²) in [5.41, 5.74) is 0.484. The van der Waals surface area contributed by atoms with E-state index >= 15 is 0 Å². The van der Waals surface area contributed by atoms with E-state index in [1.807, 2.05) is 12.1 Å². The topological polar surface area (TPSA) is 30.8 Å². The number of benzene rings is 2. The molecule has 0 aliphatic heterocycles. The molecule has 0 saturated heterocycles. The lowest BCUT2D eigenvalue weighted by molar-refractivity contribution is -0.137. The third-order valence-electron chi connectivity index (χ3n) is 2.88. The molecule has 116 valence electrons. The van der Waals surface area contributed by atoms with Gasteiger partial charge < -0.3 is 9.57 Å². The van der Waals surface area contributed by atoms with Gasteiger partial charge in [-0.15, -0.1) is 0 Å². The van der Waals surface area contributed by atoms with Crippen molar-refractivity contribution in [3.63, 3.8) is 0 Å². The molecule has 22 heavy (non-hydrogen) atoms. The maximum absolute atomic E-state index is 12.6. The summed E-state index contributed by atoms with van der Waals surface area (Å²) in [6, 6.07) is 12.1. The molecular formula is C16H14F3NO2. The van der Waals surface area contributed by atoms with E-state index in [0.29, 0.717) is 5.56 Å². The van der Waals surface area contributed by atoms with Crippen molar-refractivity contribution in [2.45, 2.75) is 12.8 Å². The lowest BCUT2D eigenvalue weighted by Gasteiger charge is -2.06. The van der Waals surface area contributed by atoms with Gasteiger partial charge in [0, 0.05) is 0 Å². The van der Waals surface area contributed by atoms with Crippen LogP contribution in [0.3, 0.4) is 0 Å². The van der Waals surface area contributed by atoms with Crippen LogP contribution in [0.1, 0.15) is 16.7 Å². The van der Waals surface area contributed by atoms with Crippen LogP contribution in [0.4, 0.5) is 13.2 Å². The van der Waals surface area contributed by atoms with E-state index in [4.69, 9.17) is 9.57 Å². The van der Waals surface area contributed by atoms with Crippen LogP contribution >= 0.6 is 0 Å². The molecule has 0 saturated carbocycles. The van der Waals surface area contributed by atoms with E-state index < -0.39 is 11.7 Å². The Hall–Kier alpha value is -2.50. The Morgan fingerprint density at radius 1 is 1.09 bits per heavy atom. The van der Waals surface area contributed by atoms with E-state index in [1.165, 1.54) is 18.3 Å². The molecule has 0 bridgehead atoms. The summed E-state index contributed by atoms with van der Waals surface area (Å²) in [5.74, 6) is 0.733. The van der Waals surface area contributed by atoms with Crippen LogP contribution in [0.2, 0.25) is 0 Å². The van der Waals surface area contributed by atoms with Crippen LogP contribution in [0, 0.1) is 0 Å². The molecule has 2 aromatic rings. The molecule has 0 N–H and O–H groups in total. The summed E-state index contributed by atoms with van der Waals surface area (Å²) in [4.78, 5) is 5.07. The molecule has 6 heteroatoms. The van der Waals surface area contributed by atoms with Crippen molar-refractivity contribution in [1.82, 2.24) is 0 Å². The first kappa shape index (κ1) is 15.9. The highest BCUT2D eigenvalue weighted by atomic mass is 19.4. The van der Waals surface area contributed by atoms with E-state index in [2.05, 4.69) is 5.16 Å². The highest BCUT2D eigenvalue weighted by Gasteiger charge is 2.30. The van der Waals surface area contributed by atoms with Crippen molar-refractivity contribution in [1.29, 1.82) is 0 Å². The van der Waals surface area contributed by atoms with Crippen molar-refractivity contribution in [3.05, 3.63) is 65.2 Å². The fourth-order valence-corrected chi connectivity index (χ4v) is 1.73. The molecule has 0 aromatic heterocycles. The normalized spacial score (nSPS) is 11.6. The molecule has 0 unspecified atom stereocenters. The van der Waals surface area contributed by atoms with Crippen LogP contribution in [-0.2, 0) is 17.6 Å². The molecule has 0 aliphatic carbocycles. The molecule has 0 atom stereocenters. The maximum atomic E-state index is 12.6.